The second kappa shape index (κ2) is 2.54. The lowest BCUT2D eigenvalue weighted by Gasteiger charge is -2.22. The zero-order valence-electron chi connectivity index (χ0n) is 8.55. The summed E-state index contributed by atoms with van der Waals surface area (Å²) in [5.41, 5.74) is 3.95. The first-order valence-corrected chi connectivity index (χ1v) is 5.40. The summed E-state index contributed by atoms with van der Waals surface area (Å²) >= 11 is 0. The second-order valence-electron chi connectivity index (χ2n) is 4.32. The van der Waals surface area contributed by atoms with Gasteiger partial charge in [-0.1, -0.05) is 48.5 Å². The fraction of sp³-hybridized carbons (Fsp3) is 0.143. The molecule has 2 bridgehead atoms. The second-order valence-corrected chi connectivity index (χ2v) is 4.32. The molecule has 0 aromatic heterocycles. The van der Waals surface area contributed by atoms with Gasteiger partial charge in [-0.05, 0) is 11.1 Å². The van der Waals surface area contributed by atoms with Crippen LogP contribution in [0.15, 0.2) is 48.5 Å². The topological polar surface area (TPSA) is 29.5 Å². The van der Waals surface area contributed by atoms with Crippen molar-refractivity contribution >= 4 is 0 Å². The number of ether oxygens (including phenoxy) is 1. The molecule has 0 saturated heterocycles. The molecule has 1 N–H and O–H groups in total. The Labute approximate surface area is 93.1 Å². The van der Waals surface area contributed by atoms with Gasteiger partial charge in [-0.15, -0.1) is 0 Å². The molecule has 0 unspecified atom stereocenters. The summed E-state index contributed by atoms with van der Waals surface area (Å²) in [6.45, 7) is 0. The quantitative estimate of drug-likeness (QED) is 0.723. The number of rotatable bonds is 0. The van der Waals surface area contributed by atoms with E-state index in [4.69, 9.17) is 4.74 Å². The first-order valence-electron chi connectivity index (χ1n) is 5.40. The van der Waals surface area contributed by atoms with Crippen LogP contribution in [0.2, 0.25) is 0 Å². The highest BCUT2D eigenvalue weighted by molar-refractivity contribution is 5.55. The predicted octanol–water partition coefficient (Wildman–Crippen LogP) is 2.31. The highest BCUT2D eigenvalue weighted by Crippen LogP contribution is 2.56. The maximum absolute atomic E-state index is 10.6. The molecule has 78 valence electrons. The predicted molar refractivity (Wildman–Crippen MR) is 58.8 cm³/mol. The van der Waals surface area contributed by atoms with Crippen molar-refractivity contribution in [1.29, 1.82) is 0 Å². The van der Waals surface area contributed by atoms with Crippen molar-refractivity contribution in [3.8, 4) is 0 Å². The molecule has 2 heterocycles. The maximum atomic E-state index is 10.6. The third-order valence-electron chi connectivity index (χ3n) is 3.51. The van der Waals surface area contributed by atoms with Crippen LogP contribution < -0.4 is 0 Å². The molecule has 16 heavy (non-hydrogen) atoms. The van der Waals surface area contributed by atoms with E-state index in [1.54, 1.807) is 0 Å². The van der Waals surface area contributed by atoms with Gasteiger partial charge in [0.25, 0.3) is 0 Å². The number of benzene rings is 2. The Balaban J connectivity index is 2.09. The molecule has 0 atom stereocenters. The van der Waals surface area contributed by atoms with Gasteiger partial charge in [0, 0.05) is 11.1 Å². The molecule has 2 aromatic rings. The van der Waals surface area contributed by atoms with Gasteiger partial charge in [-0.3, -0.25) is 0 Å². The van der Waals surface area contributed by atoms with Gasteiger partial charge < -0.3 is 9.84 Å². The van der Waals surface area contributed by atoms with Gasteiger partial charge >= 0.3 is 0 Å². The Kier molecular flexibility index (Phi) is 1.35. The number of hydrogen-bond donors (Lipinski definition) is 1. The fourth-order valence-electron chi connectivity index (χ4n) is 2.81. The van der Waals surface area contributed by atoms with Crippen LogP contribution in [0.25, 0.3) is 0 Å². The van der Waals surface area contributed by atoms with Crippen LogP contribution in [-0.4, -0.2) is 5.11 Å². The van der Waals surface area contributed by atoms with Crippen molar-refractivity contribution in [1.82, 2.24) is 0 Å². The minimum atomic E-state index is -1.22. The summed E-state index contributed by atoms with van der Waals surface area (Å²) < 4.78 is 5.76. The van der Waals surface area contributed by atoms with Crippen LogP contribution in [0.4, 0.5) is 0 Å². The lowest BCUT2D eigenvalue weighted by Crippen LogP contribution is -2.24. The monoisotopic (exact) mass is 210 g/mol. The van der Waals surface area contributed by atoms with Crippen LogP contribution in [0.1, 0.15) is 28.4 Å². The third-order valence-corrected chi connectivity index (χ3v) is 3.51. The van der Waals surface area contributed by atoms with E-state index in [0.29, 0.717) is 0 Å². The number of aliphatic hydroxyl groups is 1. The van der Waals surface area contributed by atoms with Crippen LogP contribution >= 0.6 is 0 Å². The van der Waals surface area contributed by atoms with Crippen molar-refractivity contribution in [2.75, 3.05) is 0 Å². The fourth-order valence-corrected chi connectivity index (χ4v) is 2.81. The van der Waals surface area contributed by atoms with E-state index in [1.807, 2.05) is 48.5 Å². The molecular weight excluding hydrogens is 200 g/mol. The lowest BCUT2D eigenvalue weighted by molar-refractivity contribution is -0.164. The first kappa shape index (κ1) is 8.50. The lowest BCUT2D eigenvalue weighted by atomic mass is 9.84. The van der Waals surface area contributed by atoms with E-state index in [1.165, 1.54) is 0 Å². The van der Waals surface area contributed by atoms with E-state index in [9.17, 15) is 5.11 Å². The van der Waals surface area contributed by atoms with E-state index >= 15 is 0 Å². The Bertz CT molecular complexity index is 541. The summed E-state index contributed by atoms with van der Waals surface area (Å²) in [5.74, 6) is -1.22. The first-order chi connectivity index (χ1) is 7.81. The molecule has 0 fully saturated rings. The number of hydrogen-bond acceptors (Lipinski definition) is 2. The molecule has 0 aliphatic carbocycles. The summed E-state index contributed by atoms with van der Waals surface area (Å²) in [6, 6.07) is 15.7. The highest BCUT2D eigenvalue weighted by Gasteiger charge is 2.53. The molecule has 0 spiro atoms. The molecule has 2 heteroatoms. The highest BCUT2D eigenvalue weighted by atomic mass is 16.6. The number of fused-ring (bicyclic) bond motifs is 8. The Hall–Kier alpha value is -1.64. The van der Waals surface area contributed by atoms with Crippen LogP contribution in [-0.2, 0) is 10.5 Å². The smallest absolute Gasteiger partial charge is 0.221 e. The van der Waals surface area contributed by atoms with Gasteiger partial charge in [0.2, 0.25) is 5.79 Å². The van der Waals surface area contributed by atoms with Crippen molar-refractivity contribution in [2.24, 2.45) is 0 Å². The van der Waals surface area contributed by atoms with E-state index in [0.717, 1.165) is 22.3 Å². The van der Waals surface area contributed by atoms with Gasteiger partial charge in [0.15, 0.2) is 0 Å². The molecule has 0 amide bonds. The molecule has 0 saturated carbocycles. The minimum Gasteiger partial charge on any atom is -0.358 e. The minimum absolute atomic E-state index is 0.0996. The van der Waals surface area contributed by atoms with Crippen LogP contribution in [0.3, 0.4) is 0 Å². The van der Waals surface area contributed by atoms with E-state index in [2.05, 4.69) is 0 Å². The zero-order valence-corrected chi connectivity index (χ0v) is 8.55. The van der Waals surface area contributed by atoms with Gasteiger partial charge in [-0.25, -0.2) is 0 Å². The van der Waals surface area contributed by atoms with E-state index in [-0.39, 0.29) is 6.10 Å². The van der Waals surface area contributed by atoms with Gasteiger partial charge in [-0.2, -0.15) is 0 Å². The molecule has 0 radical (unpaired) electrons. The molecule has 2 aliphatic rings. The zero-order chi connectivity index (χ0) is 10.8. The van der Waals surface area contributed by atoms with Crippen LogP contribution in [0, 0.1) is 0 Å². The molecule has 4 rings (SSSR count). The average Bonchev–Trinajstić information content (AvgIpc) is 2.81. The Morgan fingerprint density at radius 2 is 1.38 bits per heavy atom. The van der Waals surface area contributed by atoms with Crippen molar-refractivity contribution < 1.29 is 9.84 Å². The van der Waals surface area contributed by atoms with E-state index < -0.39 is 5.79 Å². The Morgan fingerprint density at radius 1 is 0.875 bits per heavy atom. The Morgan fingerprint density at radius 3 is 1.94 bits per heavy atom. The summed E-state index contributed by atoms with van der Waals surface area (Å²) in [5, 5.41) is 10.6. The van der Waals surface area contributed by atoms with Crippen LogP contribution in [0.5, 0.6) is 0 Å². The summed E-state index contributed by atoms with van der Waals surface area (Å²) in [6.07, 6.45) is -0.0996. The van der Waals surface area contributed by atoms with Gasteiger partial charge in [0.1, 0.15) is 6.10 Å². The SMILES string of the molecule is OC12OC(c3ccccc31)c1ccccc12. The van der Waals surface area contributed by atoms with Crippen molar-refractivity contribution in [2.45, 2.75) is 11.9 Å². The van der Waals surface area contributed by atoms with Crippen molar-refractivity contribution in [3.63, 3.8) is 0 Å². The third kappa shape index (κ3) is 0.775. The standard InChI is InChI=1S/C14H10O2/c15-14-11-7-3-1-5-9(11)13(16-14)10-6-2-4-8-12(10)14/h1-8,13,15H. The molecule has 2 nitrogen and oxygen atoms in total. The normalized spacial score (nSPS) is 28.9. The van der Waals surface area contributed by atoms with Gasteiger partial charge in [0.05, 0.1) is 0 Å². The summed E-state index contributed by atoms with van der Waals surface area (Å²) in [7, 11) is 0. The molecule has 2 aliphatic heterocycles. The largest absolute Gasteiger partial charge is 0.358 e. The average molecular weight is 210 g/mol. The molecule has 2 aromatic carbocycles. The maximum Gasteiger partial charge on any atom is 0.221 e. The molecular formula is C14H10O2. The van der Waals surface area contributed by atoms with Crippen molar-refractivity contribution in [3.05, 3.63) is 70.8 Å². The summed E-state index contributed by atoms with van der Waals surface area (Å²) in [4.78, 5) is 0.